The minimum Gasteiger partial charge on any atom is -0.497 e. The van der Waals surface area contributed by atoms with Gasteiger partial charge in [0.05, 0.1) is 19.8 Å². The fourth-order valence-electron chi connectivity index (χ4n) is 7.46. The first-order valence-corrected chi connectivity index (χ1v) is 17.8. The van der Waals surface area contributed by atoms with E-state index in [1.165, 1.54) is 17.0 Å². The molecule has 4 aromatic carbocycles. The molecule has 1 heterocycles. The molecule has 0 radical (unpaired) electrons. The summed E-state index contributed by atoms with van der Waals surface area (Å²) in [5.74, 6) is -3.14. The molecule has 4 aromatic rings. The number of likely N-dealkylation sites (tertiary alicyclic amines) is 1. The van der Waals surface area contributed by atoms with E-state index in [4.69, 9.17) is 14.6 Å². The lowest BCUT2D eigenvalue weighted by Gasteiger charge is -2.43. The van der Waals surface area contributed by atoms with Crippen LogP contribution in [0.25, 0.3) is 0 Å². The van der Waals surface area contributed by atoms with Gasteiger partial charge in [0.15, 0.2) is 0 Å². The molecule has 0 spiro atoms. The van der Waals surface area contributed by atoms with Crippen LogP contribution in [0, 0.1) is 17.7 Å². The van der Waals surface area contributed by atoms with Crippen molar-refractivity contribution in [1.82, 2.24) is 4.90 Å². The van der Waals surface area contributed by atoms with Gasteiger partial charge in [0.1, 0.15) is 35.5 Å². The first-order chi connectivity index (χ1) is 25.0. The minimum absolute atomic E-state index is 0.0675. The summed E-state index contributed by atoms with van der Waals surface area (Å²) >= 11 is 0. The van der Waals surface area contributed by atoms with E-state index in [0.717, 1.165) is 5.56 Å². The number of anilines is 1. The Morgan fingerprint density at radius 1 is 0.846 bits per heavy atom. The zero-order chi connectivity index (χ0) is 37.3. The van der Waals surface area contributed by atoms with Gasteiger partial charge in [-0.3, -0.25) is 19.4 Å². The molecule has 1 amide bonds. The number of para-hydroxylation sites is 1. The molecule has 0 bridgehead atoms. The lowest BCUT2D eigenvalue weighted by molar-refractivity contribution is -0.173. The lowest BCUT2D eigenvalue weighted by Crippen LogP contribution is -2.59. The number of carbonyl (C=O) groups is 2. The number of aliphatic hydroxyl groups is 2. The van der Waals surface area contributed by atoms with E-state index in [9.17, 15) is 19.4 Å². The number of rotatable bonds is 17. The van der Waals surface area contributed by atoms with E-state index >= 15 is 4.79 Å². The second-order valence-corrected chi connectivity index (χ2v) is 13.7. The molecule has 1 saturated heterocycles. The Labute approximate surface area is 305 Å². The molecular formula is C42H49FN2O7. The van der Waals surface area contributed by atoms with Gasteiger partial charge in [0, 0.05) is 18.7 Å². The SMILES string of the molecule is COc1ccc(COCN(C(=O)C2C(O)(c3ccccc3)C(c3ccc(F)cc3)N(CCCCCCC(=O)O)C2(O)C(C)C)c2ccccc2)cc1. The van der Waals surface area contributed by atoms with Crippen molar-refractivity contribution < 1.29 is 38.8 Å². The molecule has 1 aliphatic heterocycles. The highest BCUT2D eigenvalue weighted by atomic mass is 19.1. The van der Waals surface area contributed by atoms with Crippen LogP contribution in [0.15, 0.2) is 109 Å². The summed E-state index contributed by atoms with van der Waals surface area (Å²) in [6.45, 7) is 3.95. The van der Waals surface area contributed by atoms with Crippen molar-refractivity contribution in [1.29, 1.82) is 0 Å². The van der Waals surface area contributed by atoms with E-state index in [1.54, 1.807) is 60.5 Å². The monoisotopic (exact) mass is 712 g/mol. The van der Waals surface area contributed by atoms with Gasteiger partial charge in [-0.15, -0.1) is 0 Å². The van der Waals surface area contributed by atoms with Crippen LogP contribution in [0.1, 0.15) is 68.7 Å². The Balaban J connectivity index is 1.60. The number of nitrogens with zero attached hydrogens (tertiary/aromatic N) is 2. The molecule has 3 N–H and O–H groups in total. The molecule has 4 unspecified atom stereocenters. The number of ether oxygens (including phenoxy) is 2. The van der Waals surface area contributed by atoms with Crippen molar-refractivity contribution in [3.8, 4) is 5.75 Å². The number of hydrogen-bond acceptors (Lipinski definition) is 7. The first-order valence-electron chi connectivity index (χ1n) is 17.8. The third-order valence-electron chi connectivity index (χ3n) is 10.1. The van der Waals surface area contributed by atoms with Crippen LogP contribution in [-0.2, 0) is 26.5 Å². The van der Waals surface area contributed by atoms with Crippen LogP contribution in [-0.4, -0.2) is 58.2 Å². The average molecular weight is 713 g/mol. The number of benzene rings is 4. The highest BCUT2D eigenvalue weighted by Crippen LogP contribution is 2.60. The van der Waals surface area contributed by atoms with E-state index < -0.39 is 46.9 Å². The van der Waals surface area contributed by atoms with Gasteiger partial charge in [-0.25, -0.2) is 4.39 Å². The summed E-state index contributed by atoms with van der Waals surface area (Å²) in [5, 5.41) is 35.7. The van der Waals surface area contributed by atoms with Gasteiger partial charge in [-0.05, 0) is 71.8 Å². The summed E-state index contributed by atoms with van der Waals surface area (Å²) in [6, 6.07) is 30.2. The van der Waals surface area contributed by atoms with Crippen LogP contribution >= 0.6 is 0 Å². The normalized spacial score (nSPS) is 21.7. The molecule has 1 aliphatic rings. The summed E-state index contributed by atoms with van der Waals surface area (Å²) in [4.78, 5) is 29.8. The molecule has 1 fully saturated rings. The summed E-state index contributed by atoms with van der Waals surface area (Å²) in [6.07, 6.45) is 2.48. The van der Waals surface area contributed by atoms with Crippen LogP contribution in [0.2, 0.25) is 0 Å². The predicted octanol–water partition coefficient (Wildman–Crippen LogP) is 7.28. The molecule has 276 valence electrons. The van der Waals surface area contributed by atoms with E-state index in [-0.39, 0.29) is 26.3 Å². The van der Waals surface area contributed by atoms with Gasteiger partial charge >= 0.3 is 5.97 Å². The van der Waals surface area contributed by atoms with Crippen molar-refractivity contribution in [3.63, 3.8) is 0 Å². The topological polar surface area (TPSA) is 120 Å². The van der Waals surface area contributed by atoms with E-state index in [2.05, 4.69) is 0 Å². The van der Waals surface area contributed by atoms with Crippen LogP contribution in [0.5, 0.6) is 5.75 Å². The average Bonchev–Trinajstić information content (AvgIpc) is 3.36. The summed E-state index contributed by atoms with van der Waals surface area (Å²) in [5.41, 5.74) is -1.54. The third kappa shape index (κ3) is 8.21. The Morgan fingerprint density at radius 2 is 1.46 bits per heavy atom. The second kappa shape index (κ2) is 17.3. The van der Waals surface area contributed by atoms with Gasteiger partial charge < -0.3 is 24.8 Å². The Hall–Kier alpha value is -4.61. The zero-order valence-electron chi connectivity index (χ0n) is 30.0. The Bertz CT molecular complexity index is 1740. The largest absolute Gasteiger partial charge is 0.497 e. The number of aliphatic carboxylic acids is 1. The van der Waals surface area contributed by atoms with Crippen molar-refractivity contribution in [2.24, 2.45) is 11.8 Å². The second-order valence-electron chi connectivity index (χ2n) is 13.7. The maximum absolute atomic E-state index is 15.4. The number of unbranched alkanes of at least 4 members (excludes halogenated alkanes) is 3. The molecule has 0 saturated carbocycles. The standard InChI is InChI=1S/C42H49FN2O7/c1-30(2)42(50)38(40(48)44(35-16-10-7-11-17-35)29-52-28-31-19-25-36(51-3)26-20-31)41(49,33-14-8-6-9-15-33)39(32-21-23-34(43)24-22-32)45(42)27-13-5-4-12-18-37(46)47/h6-11,14-17,19-26,30,38-39,49-50H,4-5,12-13,18,27-29H2,1-3H3,(H,46,47). The molecule has 5 rings (SSSR count). The third-order valence-corrected chi connectivity index (χ3v) is 10.1. The van der Waals surface area contributed by atoms with Gasteiger partial charge in [-0.2, -0.15) is 0 Å². The summed E-state index contributed by atoms with van der Waals surface area (Å²) < 4.78 is 25.8. The number of methoxy groups -OCH3 is 1. The summed E-state index contributed by atoms with van der Waals surface area (Å²) in [7, 11) is 1.59. The van der Waals surface area contributed by atoms with Crippen LogP contribution in [0.3, 0.4) is 0 Å². The quantitative estimate of drug-likeness (QED) is 0.0772. The van der Waals surface area contributed by atoms with Gasteiger partial charge in [0.2, 0.25) is 5.91 Å². The first kappa shape index (κ1) is 38.6. The molecular weight excluding hydrogens is 663 g/mol. The maximum atomic E-state index is 15.4. The highest BCUT2D eigenvalue weighted by molar-refractivity contribution is 5.97. The lowest BCUT2D eigenvalue weighted by atomic mass is 9.71. The molecule has 0 aromatic heterocycles. The van der Waals surface area contributed by atoms with Crippen LogP contribution in [0.4, 0.5) is 10.1 Å². The Morgan fingerprint density at radius 3 is 2.06 bits per heavy atom. The number of hydrogen-bond donors (Lipinski definition) is 3. The van der Waals surface area contributed by atoms with E-state index in [0.29, 0.717) is 48.2 Å². The van der Waals surface area contributed by atoms with Gasteiger partial charge in [0.25, 0.3) is 0 Å². The Kier molecular flexibility index (Phi) is 12.8. The molecule has 9 nitrogen and oxygen atoms in total. The smallest absolute Gasteiger partial charge is 0.303 e. The van der Waals surface area contributed by atoms with Crippen molar-refractivity contribution in [2.45, 2.75) is 69.9 Å². The number of halogens is 1. The van der Waals surface area contributed by atoms with Crippen molar-refractivity contribution in [2.75, 3.05) is 25.3 Å². The number of carboxylic acid groups (broad SMARTS) is 1. The predicted molar refractivity (Wildman–Crippen MR) is 197 cm³/mol. The van der Waals surface area contributed by atoms with Crippen molar-refractivity contribution in [3.05, 3.63) is 132 Å². The molecule has 0 aliphatic carbocycles. The molecule has 4 atom stereocenters. The number of amides is 1. The zero-order valence-corrected chi connectivity index (χ0v) is 30.0. The minimum atomic E-state index is -2.00. The maximum Gasteiger partial charge on any atom is 0.303 e. The van der Waals surface area contributed by atoms with E-state index in [1.807, 2.05) is 62.4 Å². The van der Waals surface area contributed by atoms with Crippen molar-refractivity contribution >= 4 is 17.6 Å². The number of carbonyl (C=O) groups excluding carboxylic acids is 1. The molecule has 10 heteroatoms. The van der Waals surface area contributed by atoms with Gasteiger partial charge in [-0.1, -0.05) is 99.5 Å². The van der Waals surface area contributed by atoms with Crippen LogP contribution < -0.4 is 9.64 Å². The fourth-order valence-corrected chi connectivity index (χ4v) is 7.46. The molecule has 52 heavy (non-hydrogen) atoms. The fraction of sp³-hybridized carbons (Fsp3) is 0.381. The highest BCUT2D eigenvalue weighted by Gasteiger charge is 2.70. The number of carboxylic acids is 1.